The van der Waals surface area contributed by atoms with Crippen molar-refractivity contribution in [2.45, 2.75) is 19.4 Å². The Balaban J connectivity index is 1.86. The number of nitrogens with one attached hydrogen (secondary N) is 3. The van der Waals surface area contributed by atoms with Crippen molar-refractivity contribution in [2.24, 2.45) is 5.73 Å². The lowest BCUT2D eigenvalue weighted by Crippen LogP contribution is -2.30. The third-order valence-corrected chi connectivity index (χ3v) is 5.05. The van der Waals surface area contributed by atoms with Gasteiger partial charge in [0.2, 0.25) is 11.8 Å². The van der Waals surface area contributed by atoms with Crippen molar-refractivity contribution in [1.29, 1.82) is 5.41 Å². The number of amides is 2. The molecule has 8 nitrogen and oxygen atoms in total. The lowest BCUT2D eigenvalue weighted by molar-refractivity contribution is -0.127. The van der Waals surface area contributed by atoms with E-state index in [0.29, 0.717) is 17.9 Å². The highest BCUT2D eigenvalue weighted by Gasteiger charge is 2.15. The first-order chi connectivity index (χ1) is 14.7. The molecule has 0 aliphatic carbocycles. The molecule has 0 saturated heterocycles. The first-order valence-corrected chi connectivity index (χ1v) is 10.6. The molecular weight excluding hydrogens is 462 g/mol. The quantitative estimate of drug-likeness (QED) is 0.232. The van der Waals surface area contributed by atoms with Crippen LogP contribution in [-0.2, 0) is 9.59 Å². The van der Waals surface area contributed by atoms with Crippen LogP contribution in [0.15, 0.2) is 46.9 Å². The fraction of sp³-hybridized carbons (Fsp3) is 0.318. The van der Waals surface area contributed by atoms with Gasteiger partial charge in [-0.2, -0.15) is 0 Å². The van der Waals surface area contributed by atoms with E-state index in [9.17, 15) is 9.59 Å². The first kappa shape index (κ1) is 24.4. The summed E-state index contributed by atoms with van der Waals surface area (Å²) < 4.78 is 6.55. The summed E-state index contributed by atoms with van der Waals surface area (Å²) in [5.74, 6) is -0.121. The van der Waals surface area contributed by atoms with Gasteiger partial charge in [0.1, 0.15) is 24.6 Å². The van der Waals surface area contributed by atoms with E-state index < -0.39 is 5.91 Å². The number of carbonyl (C=O) groups excluding carboxylic acids is 2. The van der Waals surface area contributed by atoms with Gasteiger partial charge >= 0.3 is 0 Å². The highest BCUT2D eigenvalue weighted by Crippen LogP contribution is 2.28. The van der Waals surface area contributed by atoms with E-state index in [-0.39, 0.29) is 24.2 Å². The Kier molecular flexibility index (Phi) is 9.02. The van der Waals surface area contributed by atoms with Crippen LogP contribution in [0.5, 0.6) is 5.75 Å². The number of ether oxygens (including phenoxy) is 1. The van der Waals surface area contributed by atoms with Crippen molar-refractivity contribution in [3.8, 4) is 5.75 Å². The monoisotopic (exact) mass is 489 g/mol. The van der Waals surface area contributed by atoms with Gasteiger partial charge in [-0.3, -0.25) is 15.0 Å². The van der Waals surface area contributed by atoms with Crippen molar-refractivity contribution in [1.82, 2.24) is 10.2 Å². The first-order valence-electron chi connectivity index (χ1n) is 9.76. The molecule has 0 fully saturated rings. The number of amidine groups is 1. The molecule has 1 unspecified atom stereocenters. The molecule has 0 aromatic heterocycles. The average Bonchev–Trinajstić information content (AvgIpc) is 2.69. The topological polar surface area (TPSA) is 121 Å². The van der Waals surface area contributed by atoms with Gasteiger partial charge in [-0.1, -0.05) is 6.07 Å². The van der Waals surface area contributed by atoms with E-state index in [1.165, 1.54) is 0 Å². The number of likely N-dealkylation sites (N-methyl/N-ethyl adjacent to an activating group) is 1. The number of carbonyl (C=O) groups is 2. The van der Waals surface area contributed by atoms with E-state index in [1.807, 2.05) is 44.1 Å². The number of nitrogen functional groups attached to an aromatic ring is 1. The predicted octanol–water partition coefficient (Wildman–Crippen LogP) is 2.88. The smallest absolute Gasteiger partial charge is 0.233 e. The highest BCUT2D eigenvalue weighted by atomic mass is 79.9. The Bertz CT molecular complexity index is 931. The lowest BCUT2D eigenvalue weighted by atomic mass is 10.1. The van der Waals surface area contributed by atoms with Crippen LogP contribution >= 0.6 is 15.9 Å². The van der Waals surface area contributed by atoms with Crippen molar-refractivity contribution < 1.29 is 14.3 Å². The minimum Gasteiger partial charge on any atom is -0.491 e. The highest BCUT2D eigenvalue weighted by molar-refractivity contribution is 9.10. The van der Waals surface area contributed by atoms with E-state index in [4.69, 9.17) is 15.9 Å². The molecule has 166 valence electrons. The van der Waals surface area contributed by atoms with Crippen LogP contribution in [0, 0.1) is 5.41 Å². The molecule has 0 bridgehead atoms. The largest absolute Gasteiger partial charge is 0.491 e. The van der Waals surface area contributed by atoms with Crippen molar-refractivity contribution >= 4 is 39.3 Å². The number of halogens is 1. The second kappa shape index (κ2) is 11.5. The van der Waals surface area contributed by atoms with Gasteiger partial charge in [0.25, 0.3) is 0 Å². The second-order valence-electron chi connectivity index (χ2n) is 7.35. The molecule has 0 saturated carbocycles. The Morgan fingerprint density at radius 2 is 1.84 bits per heavy atom. The molecule has 2 rings (SSSR count). The maximum absolute atomic E-state index is 12.3. The number of benzene rings is 2. The number of hydrogen-bond acceptors (Lipinski definition) is 5. The minimum absolute atomic E-state index is 0.0500. The Morgan fingerprint density at radius 1 is 1.16 bits per heavy atom. The summed E-state index contributed by atoms with van der Waals surface area (Å²) in [6.45, 7) is 3.23. The van der Waals surface area contributed by atoms with Gasteiger partial charge in [-0.05, 0) is 78.9 Å². The van der Waals surface area contributed by atoms with Crippen LogP contribution in [0.2, 0.25) is 0 Å². The van der Waals surface area contributed by atoms with Gasteiger partial charge in [-0.25, -0.2) is 0 Å². The maximum atomic E-state index is 12.3. The molecule has 2 amide bonds. The fourth-order valence-electron chi connectivity index (χ4n) is 2.70. The summed E-state index contributed by atoms with van der Waals surface area (Å²) >= 11 is 3.50. The van der Waals surface area contributed by atoms with Crippen LogP contribution in [0.25, 0.3) is 0 Å². The molecule has 2 aromatic rings. The maximum Gasteiger partial charge on any atom is 0.233 e. The average molecular weight is 490 g/mol. The molecule has 1 atom stereocenters. The molecule has 0 aliphatic heterocycles. The zero-order valence-corrected chi connectivity index (χ0v) is 19.5. The van der Waals surface area contributed by atoms with Crippen molar-refractivity contribution in [3.63, 3.8) is 0 Å². The van der Waals surface area contributed by atoms with Crippen LogP contribution in [0.3, 0.4) is 0 Å². The van der Waals surface area contributed by atoms with Gasteiger partial charge < -0.3 is 26.0 Å². The number of nitrogens with zero attached hydrogens (tertiary/aromatic N) is 1. The summed E-state index contributed by atoms with van der Waals surface area (Å²) in [6, 6.07) is 11.9. The van der Waals surface area contributed by atoms with Gasteiger partial charge in [-0.15, -0.1) is 0 Å². The molecule has 2 aromatic carbocycles. The number of hydrogen-bond donors (Lipinski definition) is 4. The van der Waals surface area contributed by atoms with E-state index in [1.54, 1.807) is 24.3 Å². The Morgan fingerprint density at radius 3 is 2.42 bits per heavy atom. The number of rotatable bonds is 10. The molecule has 31 heavy (non-hydrogen) atoms. The summed E-state index contributed by atoms with van der Waals surface area (Å²) in [5.41, 5.74) is 7.39. The molecule has 5 N–H and O–H groups in total. The van der Waals surface area contributed by atoms with Crippen LogP contribution < -0.4 is 21.1 Å². The zero-order chi connectivity index (χ0) is 23.0. The summed E-state index contributed by atoms with van der Waals surface area (Å²) in [4.78, 5) is 26.4. The van der Waals surface area contributed by atoms with Crippen LogP contribution in [-0.4, -0.2) is 49.8 Å². The molecule has 0 aliphatic rings. The number of nitrogens with two attached hydrogens (primary N) is 1. The molecule has 0 spiro atoms. The van der Waals surface area contributed by atoms with Gasteiger partial charge in [0, 0.05) is 17.8 Å². The second-order valence-corrected chi connectivity index (χ2v) is 8.20. The van der Waals surface area contributed by atoms with E-state index in [2.05, 4.69) is 26.6 Å². The van der Waals surface area contributed by atoms with E-state index in [0.717, 1.165) is 22.3 Å². The number of anilines is 1. The standard InChI is InChI=1S/C22H28BrN5O3/c1-14(16-6-9-19(18(23)12-16)31-11-10-28(2)3)26-20(29)13-21(30)27-17-7-4-15(5-8-17)22(24)25/h4-9,12,14H,10-11,13H2,1-3H3,(H3,24,25)(H,26,29)(H,27,30). The molecular formula is C22H28BrN5O3. The SMILES string of the molecule is CC(NC(=O)CC(=O)Nc1ccc(C(=N)N)cc1)c1ccc(OCCN(C)C)c(Br)c1. The zero-order valence-electron chi connectivity index (χ0n) is 17.9. The molecule has 0 heterocycles. The summed E-state index contributed by atoms with van der Waals surface area (Å²) in [5, 5.41) is 12.9. The molecule has 0 radical (unpaired) electrons. The molecule has 9 heteroatoms. The van der Waals surface area contributed by atoms with Crippen LogP contribution in [0.1, 0.15) is 30.5 Å². The van der Waals surface area contributed by atoms with E-state index >= 15 is 0 Å². The third-order valence-electron chi connectivity index (χ3n) is 4.43. The lowest BCUT2D eigenvalue weighted by Gasteiger charge is -2.17. The Hall–Kier alpha value is -2.91. The summed E-state index contributed by atoms with van der Waals surface area (Å²) in [6.07, 6.45) is -0.300. The Labute approximate surface area is 190 Å². The minimum atomic E-state index is -0.425. The van der Waals surface area contributed by atoms with Gasteiger partial charge in [0.05, 0.1) is 10.5 Å². The summed E-state index contributed by atoms with van der Waals surface area (Å²) in [7, 11) is 3.96. The predicted molar refractivity (Wildman–Crippen MR) is 125 cm³/mol. The van der Waals surface area contributed by atoms with Crippen molar-refractivity contribution in [3.05, 3.63) is 58.1 Å². The van der Waals surface area contributed by atoms with Crippen LogP contribution in [0.4, 0.5) is 5.69 Å². The van der Waals surface area contributed by atoms with Crippen molar-refractivity contribution in [2.75, 3.05) is 32.6 Å². The van der Waals surface area contributed by atoms with Gasteiger partial charge in [0.15, 0.2) is 0 Å². The fourth-order valence-corrected chi connectivity index (χ4v) is 3.21. The third kappa shape index (κ3) is 8.03. The normalized spacial score (nSPS) is 11.6.